The summed E-state index contributed by atoms with van der Waals surface area (Å²) in [5.41, 5.74) is 0. The third-order valence-corrected chi connectivity index (χ3v) is 2.57. The number of rotatable bonds is 10. The fourth-order valence-electron chi connectivity index (χ4n) is 1.60. The first kappa shape index (κ1) is 14.5. The first-order valence-corrected chi connectivity index (χ1v) is 6.71. The lowest BCUT2D eigenvalue weighted by Crippen LogP contribution is -1.77. The molecule has 15 heavy (non-hydrogen) atoms. The zero-order valence-electron chi connectivity index (χ0n) is 10.7. The number of hydrogen-bond acceptors (Lipinski definition) is 0. The quantitative estimate of drug-likeness (QED) is 0.321. The van der Waals surface area contributed by atoms with Crippen molar-refractivity contribution in [2.75, 3.05) is 0 Å². The molecule has 0 bridgehead atoms. The minimum atomic E-state index is 1.11. The third kappa shape index (κ3) is 13.5. The van der Waals surface area contributed by atoms with Gasteiger partial charge in [-0.2, -0.15) is 0 Å². The zero-order chi connectivity index (χ0) is 11.2. The summed E-state index contributed by atoms with van der Waals surface area (Å²) in [7, 11) is 0. The highest BCUT2D eigenvalue weighted by atomic mass is 13.9. The maximum absolute atomic E-state index is 2.33. The van der Waals surface area contributed by atoms with Crippen LogP contribution in [-0.4, -0.2) is 0 Å². The molecule has 88 valence electrons. The van der Waals surface area contributed by atoms with Crippen LogP contribution in [0.15, 0.2) is 24.3 Å². The smallest absolute Gasteiger partial charge is 0.0169 e. The number of hydrogen-bond donors (Lipinski definition) is 0. The van der Waals surface area contributed by atoms with Gasteiger partial charge in [0, 0.05) is 0 Å². The molecule has 0 heteroatoms. The van der Waals surface area contributed by atoms with Gasteiger partial charge < -0.3 is 0 Å². The molecule has 0 aliphatic rings. The van der Waals surface area contributed by atoms with Crippen LogP contribution in [0.1, 0.15) is 71.6 Å². The molecule has 0 aromatic rings. The Bertz CT molecular complexity index is 153. The van der Waals surface area contributed by atoms with Gasteiger partial charge in [-0.05, 0) is 25.7 Å². The molecule has 0 radical (unpaired) electrons. The van der Waals surface area contributed by atoms with E-state index in [9.17, 15) is 0 Å². The summed E-state index contributed by atoms with van der Waals surface area (Å²) in [5, 5.41) is 0. The molecule has 0 amide bonds. The van der Waals surface area contributed by atoms with Crippen LogP contribution in [0.25, 0.3) is 0 Å². The van der Waals surface area contributed by atoms with Crippen molar-refractivity contribution < 1.29 is 0 Å². The summed E-state index contributed by atoms with van der Waals surface area (Å²) in [4.78, 5) is 0. The highest BCUT2D eigenvalue weighted by molar-refractivity contribution is 4.92. The molecule has 0 unspecified atom stereocenters. The Balaban J connectivity index is 3.06. The Morgan fingerprint density at radius 3 is 2.07 bits per heavy atom. The predicted molar refractivity (Wildman–Crippen MR) is 71.2 cm³/mol. The van der Waals surface area contributed by atoms with Crippen LogP contribution in [0.3, 0.4) is 0 Å². The van der Waals surface area contributed by atoms with Gasteiger partial charge >= 0.3 is 0 Å². The molecule has 0 aliphatic heterocycles. The van der Waals surface area contributed by atoms with E-state index in [0.29, 0.717) is 0 Å². The van der Waals surface area contributed by atoms with Crippen LogP contribution in [0.5, 0.6) is 0 Å². The Hall–Kier alpha value is -0.520. The van der Waals surface area contributed by atoms with Crippen molar-refractivity contribution in [2.24, 2.45) is 0 Å². The van der Waals surface area contributed by atoms with Gasteiger partial charge in [0.05, 0.1) is 0 Å². The van der Waals surface area contributed by atoms with Gasteiger partial charge in [-0.25, -0.2) is 0 Å². The van der Waals surface area contributed by atoms with Gasteiger partial charge in [-0.1, -0.05) is 70.3 Å². The summed E-state index contributed by atoms with van der Waals surface area (Å²) >= 11 is 0. The van der Waals surface area contributed by atoms with Gasteiger partial charge in [-0.3, -0.25) is 0 Å². The van der Waals surface area contributed by atoms with E-state index in [1.165, 1.54) is 44.9 Å². The zero-order valence-corrected chi connectivity index (χ0v) is 10.7. The molecular formula is C15H28. The molecule has 0 N–H and O–H groups in total. The van der Waals surface area contributed by atoms with Gasteiger partial charge in [-0.15, -0.1) is 0 Å². The van der Waals surface area contributed by atoms with E-state index in [1.54, 1.807) is 0 Å². The monoisotopic (exact) mass is 208 g/mol. The molecule has 0 aliphatic carbocycles. The Kier molecular flexibility index (Phi) is 13.0. The van der Waals surface area contributed by atoms with Gasteiger partial charge in [0.15, 0.2) is 0 Å². The van der Waals surface area contributed by atoms with Crippen molar-refractivity contribution in [3.63, 3.8) is 0 Å². The van der Waals surface area contributed by atoms with Crippen LogP contribution in [0.2, 0.25) is 0 Å². The van der Waals surface area contributed by atoms with Crippen molar-refractivity contribution in [1.82, 2.24) is 0 Å². The Morgan fingerprint density at radius 1 is 0.667 bits per heavy atom. The molecule has 0 heterocycles. The highest BCUT2D eigenvalue weighted by Gasteiger charge is 1.87. The largest absolute Gasteiger partial charge is 0.0885 e. The highest BCUT2D eigenvalue weighted by Crippen LogP contribution is 2.07. The van der Waals surface area contributed by atoms with Gasteiger partial charge in [0.25, 0.3) is 0 Å². The lowest BCUT2D eigenvalue weighted by atomic mass is 10.1. The second-order valence-corrected chi connectivity index (χ2v) is 4.14. The average Bonchev–Trinajstić information content (AvgIpc) is 2.26. The molecule has 0 nitrogen and oxygen atoms in total. The van der Waals surface area contributed by atoms with E-state index in [4.69, 9.17) is 0 Å². The van der Waals surface area contributed by atoms with Crippen molar-refractivity contribution in [3.8, 4) is 0 Å². The van der Waals surface area contributed by atoms with Crippen molar-refractivity contribution in [2.45, 2.75) is 71.6 Å². The molecule has 0 saturated carbocycles. The molecule has 0 fully saturated rings. The number of unbranched alkanes of at least 4 members (excludes halogenated alkanes) is 6. The first-order chi connectivity index (χ1) is 7.41. The van der Waals surface area contributed by atoms with Gasteiger partial charge in [0.1, 0.15) is 0 Å². The SMILES string of the molecule is CC/C=C\C/C=C\CCCCCCCC. The fourth-order valence-corrected chi connectivity index (χ4v) is 1.60. The topological polar surface area (TPSA) is 0 Å². The van der Waals surface area contributed by atoms with Crippen molar-refractivity contribution >= 4 is 0 Å². The van der Waals surface area contributed by atoms with Crippen LogP contribution in [0.4, 0.5) is 0 Å². The Morgan fingerprint density at radius 2 is 1.33 bits per heavy atom. The maximum atomic E-state index is 2.33. The number of allylic oxidation sites excluding steroid dienone is 4. The van der Waals surface area contributed by atoms with Crippen LogP contribution < -0.4 is 0 Å². The Labute approximate surface area is 96.5 Å². The molecule has 0 saturated heterocycles. The molecule has 0 aromatic heterocycles. The summed E-state index contributed by atoms with van der Waals surface area (Å²) in [6.07, 6.45) is 21.1. The molecule has 0 atom stereocenters. The van der Waals surface area contributed by atoms with E-state index in [0.717, 1.165) is 12.8 Å². The minimum Gasteiger partial charge on any atom is -0.0885 e. The van der Waals surface area contributed by atoms with E-state index in [1.807, 2.05) is 0 Å². The van der Waals surface area contributed by atoms with E-state index in [2.05, 4.69) is 38.2 Å². The van der Waals surface area contributed by atoms with E-state index >= 15 is 0 Å². The molecule has 0 aromatic carbocycles. The summed E-state index contributed by atoms with van der Waals surface area (Å²) < 4.78 is 0. The minimum absolute atomic E-state index is 1.11. The molecule has 0 rings (SSSR count). The van der Waals surface area contributed by atoms with Crippen LogP contribution >= 0.6 is 0 Å². The normalized spacial score (nSPS) is 11.9. The maximum Gasteiger partial charge on any atom is -0.0169 e. The second-order valence-electron chi connectivity index (χ2n) is 4.14. The molecule has 0 spiro atoms. The van der Waals surface area contributed by atoms with Gasteiger partial charge in [0.2, 0.25) is 0 Å². The summed E-state index contributed by atoms with van der Waals surface area (Å²) in [6, 6.07) is 0. The average molecular weight is 208 g/mol. The lowest BCUT2D eigenvalue weighted by molar-refractivity contribution is 0.611. The second kappa shape index (κ2) is 13.5. The third-order valence-electron chi connectivity index (χ3n) is 2.57. The summed E-state index contributed by atoms with van der Waals surface area (Å²) in [6.45, 7) is 4.45. The van der Waals surface area contributed by atoms with Crippen LogP contribution in [0, 0.1) is 0 Å². The fraction of sp³-hybridized carbons (Fsp3) is 0.733. The molecular weight excluding hydrogens is 180 g/mol. The first-order valence-electron chi connectivity index (χ1n) is 6.71. The van der Waals surface area contributed by atoms with E-state index in [-0.39, 0.29) is 0 Å². The summed E-state index contributed by atoms with van der Waals surface area (Å²) in [5.74, 6) is 0. The standard InChI is InChI=1S/C15H28/c1-3-5-7-9-11-13-15-14-12-10-8-6-4-2/h5,7,11,13H,3-4,6,8-10,12,14-15H2,1-2H3/b7-5-,13-11-. The van der Waals surface area contributed by atoms with Crippen molar-refractivity contribution in [1.29, 1.82) is 0 Å². The van der Waals surface area contributed by atoms with Crippen LogP contribution in [-0.2, 0) is 0 Å². The lowest BCUT2D eigenvalue weighted by Gasteiger charge is -1.97. The van der Waals surface area contributed by atoms with Crippen molar-refractivity contribution in [3.05, 3.63) is 24.3 Å². The predicted octanol–water partition coefficient (Wildman–Crippen LogP) is 5.65. The van der Waals surface area contributed by atoms with E-state index < -0.39 is 0 Å².